The van der Waals surface area contributed by atoms with Gasteiger partial charge >= 0.3 is 6.36 Å². The number of hydrogen-bond acceptors (Lipinski definition) is 6. The number of rotatable bonds is 5. The molecule has 0 aliphatic heterocycles. The summed E-state index contributed by atoms with van der Waals surface area (Å²) in [6, 6.07) is 6.44. The minimum atomic E-state index is -4.93. The van der Waals surface area contributed by atoms with Crippen LogP contribution < -0.4 is 10.1 Å². The predicted molar refractivity (Wildman–Crippen MR) is 109 cm³/mol. The minimum Gasteiger partial charge on any atom is -0.406 e. The maximum Gasteiger partial charge on any atom is 0.573 e. The van der Waals surface area contributed by atoms with Crippen LogP contribution in [0.15, 0.2) is 40.4 Å². The number of hydrogen-bond donors (Lipinski definition) is 2. The molecule has 0 saturated carbocycles. The number of anilines is 2. The van der Waals surface area contributed by atoms with E-state index in [2.05, 4.69) is 31.3 Å². The van der Waals surface area contributed by atoms with Crippen LogP contribution in [0.5, 0.6) is 5.75 Å². The summed E-state index contributed by atoms with van der Waals surface area (Å²) in [4.78, 5) is 3.69. The molecule has 11 heteroatoms. The van der Waals surface area contributed by atoms with Crippen molar-refractivity contribution in [2.24, 2.45) is 0 Å². The second-order valence-electron chi connectivity index (χ2n) is 7.85. The van der Waals surface area contributed by atoms with Crippen molar-refractivity contribution in [2.75, 3.05) is 5.32 Å². The zero-order chi connectivity index (χ0) is 22.5. The molecule has 0 radical (unpaired) electrons. The highest BCUT2D eigenvalue weighted by atomic mass is 32.2. The highest BCUT2D eigenvalue weighted by Gasteiger charge is 2.32. The summed E-state index contributed by atoms with van der Waals surface area (Å²) in [7, 11) is -4.23. The van der Waals surface area contributed by atoms with Crippen LogP contribution >= 0.6 is 0 Å². The van der Waals surface area contributed by atoms with Crippen LogP contribution in [0.2, 0.25) is 0 Å². The number of ether oxygens (including phenoxy) is 1. The van der Waals surface area contributed by atoms with Gasteiger partial charge in [-0.25, -0.2) is 13.5 Å². The molecule has 0 unspecified atom stereocenters. The van der Waals surface area contributed by atoms with Crippen molar-refractivity contribution in [3.8, 4) is 5.75 Å². The van der Waals surface area contributed by atoms with Crippen molar-refractivity contribution in [1.82, 2.24) is 15.2 Å². The first-order chi connectivity index (χ1) is 15.2. The second-order valence-corrected chi connectivity index (χ2v) is 9.71. The number of aromatic amines is 1. The first-order valence-electron chi connectivity index (χ1n) is 10.2. The molecule has 2 aliphatic rings. The Balaban J connectivity index is 1.45. The lowest BCUT2D eigenvalue weighted by molar-refractivity contribution is -0.274. The fourth-order valence-electron chi connectivity index (χ4n) is 4.45. The summed E-state index contributed by atoms with van der Waals surface area (Å²) >= 11 is 0. The standard InChI is InChI=1S/C21H19F3N4O3S/c22-21(23,24)31-14-6-3-7-15(11-14)32(29,30)20-26-19(27-28-20)25-18-16-8-1-4-12(16)10-13-5-2-9-17(13)18/h3,6-7,10-11H,1-2,4-5,8-9H2,(H2,25,26,27,28). The van der Waals surface area contributed by atoms with E-state index in [1.807, 2.05) is 0 Å². The van der Waals surface area contributed by atoms with E-state index in [-0.39, 0.29) is 10.8 Å². The molecule has 32 heavy (non-hydrogen) atoms. The Morgan fingerprint density at radius 2 is 1.69 bits per heavy atom. The summed E-state index contributed by atoms with van der Waals surface area (Å²) < 4.78 is 67.1. The van der Waals surface area contributed by atoms with Gasteiger partial charge in [0.05, 0.1) is 4.90 Å². The van der Waals surface area contributed by atoms with E-state index < -0.39 is 27.1 Å². The largest absolute Gasteiger partial charge is 0.573 e. The van der Waals surface area contributed by atoms with Crippen molar-refractivity contribution in [3.63, 3.8) is 0 Å². The normalized spacial score (nSPS) is 15.5. The van der Waals surface area contributed by atoms with Crippen molar-refractivity contribution in [3.05, 3.63) is 52.6 Å². The molecule has 0 amide bonds. The van der Waals surface area contributed by atoms with E-state index in [0.717, 1.165) is 56.3 Å². The van der Waals surface area contributed by atoms with Crippen LogP contribution in [-0.2, 0) is 35.5 Å². The van der Waals surface area contributed by atoms with Gasteiger partial charge in [-0.1, -0.05) is 12.1 Å². The Hall–Kier alpha value is -3.08. The van der Waals surface area contributed by atoms with Crippen LogP contribution in [0, 0.1) is 0 Å². The number of aryl methyl sites for hydroxylation is 2. The summed E-state index contributed by atoms with van der Waals surface area (Å²) in [5.74, 6) is -0.535. The molecule has 0 saturated heterocycles. The molecule has 0 spiro atoms. The van der Waals surface area contributed by atoms with Crippen molar-refractivity contribution in [2.45, 2.75) is 54.9 Å². The lowest BCUT2D eigenvalue weighted by Gasteiger charge is -2.15. The van der Waals surface area contributed by atoms with Gasteiger partial charge in [-0.2, -0.15) is 4.98 Å². The lowest BCUT2D eigenvalue weighted by atomic mass is 9.99. The molecule has 1 heterocycles. The van der Waals surface area contributed by atoms with Crippen LogP contribution in [0.1, 0.15) is 35.1 Å². The number of nitrogens with zero attached hydrogens (tertiary/aromatic N) is 2. The van der Waals surface area contributed by atoms with Crippen molar-refractivity contribution >= 4 is 21.5 Å². The van der Waals surface area contributed by atoms with E-state index in [0.29, 0.717) is 0 Å². The average molecular weight is 464 g/mol. The molecule has 2 aromatic carbocycles. The number of aromatic nitrogens is 3. The second kappa shape index (κ2) is 7.51. The topological polar surface area (TPSA) is 97.0 Å². The zero-order valence-electron chi connectivity index (χ0n) is 16.8. The van der Waals surface area contributed by atoms with Gasteiger partial charge in [0.15, 0.2) is 0 Å². The molecular weight excluding hydrogens is 445 g/mol. The van der Waals surface area contributed by atoms with Gasteiger partial charge in [0.2, 0.25) is 20.9 Å². The molecule has 0 fully saturated rings. The van der Waals surface area contributed by atoms with E-state index in [4.69, 9.17) is 0 Å². The predicted octanol–water partition coefficient (Wildman–Crippen LogP) is 4.26. The number of nitrogens with one attached hydrogen (secondary N) is 2. The highest BCUT2D eigenvalue weighted by Crippen LogP contribution is 2.39. The Labute approximate surface area is 181 Å². The third-order valence-corrected chi connectivity index (χ3v) is 7.34. The average Bonchev–Trinajstić information content (AvgIpc) is 3.47. The van der Waals surface area contributed by atoms with Crippen molar-refractivity contribution in [1.29, 1.82) is 0 Å². The van der Waals surface area contributed by atoms with Gasteiger partial charge in [-0.15, -0.1) is 18.3 Å². The number of sulfone groups is 1. The molecule has 1 aromatic heterocycles. The fraction of sp³-hybridized carbons (Fsp3) is 0.333. The van der Waals surface area contributed by atoms with E-state index in [1.54, 1.807) is 0 Å². The van der Waals surface area contributed by atoms with Gasteiger partial charge in [0.25, 0.3) is 0 Å². The molecule has 7 nitrogen and oxygen atoms in total. The molecule has 2 N–H and O–H groups in total. The quantitative estimate of drug-likeness (QED) is 0.586. The molecular formula is C21H19F3N4O3S. The highest BCUT2D eigenvalue weighted by molar-refractivity contribution is 7.91. The molecule has 0 bridgehead atoms. The zero-order valence-corrected chi connectivity index (χ0v) is 17.6. The molecule has 168 valence electrons. The summed E-state index contributed by atoms with van der Waals surface area (Å²) in [5.41, 5.74) is 6.00. The van der Waals surface area contributed by atoms with Crippen LogP contribution in [-0.4, -0.2) is 30.0 Å². The van der Waals surface area contributed by atoms with E-state index >= 15 is 0 Å². The van der Waals surface area contributed by atoms with Crippen LogP contribution in [0.4, 0.5) is 24.8 Å². The van der Waals surface area contributed by atoms with E-state index in [9.17, 15) is 21.6 Å². The van der Waals surface area contributed by atoms with E-state index in [1.165, 1.54) is 34.4 Å². The summed E-state index contributed by atoms with van der Waals surface area (Å²) in [6.07, 6.45) is 1.11. The number of H-pyrrole nitrogens is 1. The maximum atomic E-state index is 12.9. The minimum absolute atomic E-state index is 0.0978. The Kier molecular flexibility index (Phi) is 4.88. The fourth-order valence-corrected chi connectivity index (χ4v) is 5.58. The summed E-state index contributed by atoms with van der Waals surface area (Å²) in [6.45, 7) is 0. The van der Waals surface area contributed by atoms with Gasteiger partial charge in [-0.3, -0.25) is 0 Å². The Morgan fingerprint density at radius 3 is 2.34 bits per heavy atom. The number of halogens is 3. The van der Waals surface area contributed by atoms with Crippen LogP contribution in [0.3, 0.4) is 0 Å². The number of benzene rings is 2. The molecule has 3 aromatic rings. The summed E-state index contributed by atoms with van der Waals surface area (Å²) in [5, 5.41) is 9.13. The molecule has 0 atom stereocenters. The monoisotopic (exact) mass is 464 g/mol. The van der Waals surface area contributed by atoms with Gasteiger partial charge in [0.1, 0.15) is 5.75 Å². The van der Waals surface area contributed by atoms with Gasteiger partial charge < -0.3 is 10.1 Å². The molecule has 5 rings (SSSR count). The first-order valence-corrected chi connectivity index (χ1v) is 11.7. The first kappa shape index (κ1) is 20.8. The SMILES string of the molecule is O=S(=O)(c1cccc(OC(F)(F)F)c1)c1nc(Nc2c3c(cc4c2CCC4)CCC3)n[nH]1. The number of alkyl halides is 3. The van der Waals surface area contributed by atoms with Gasteiger partial charge in [-0.05, 0) is 79.0 Å². The third-order valence-electron chi connectivity index (χ3n) is 5.78. The smallest absolute Gasteiger partial charge is 0.406 e. The third kappa shape index (κ3) is 3.81. The number of fused-ring (bicyclic) bond motifs is 2. The lowest BCUT2D eigenvalue weighted by Crippen LogP contribution is -2.17. The maximum absolute atomic E-state index is 12.9. The Morgan fingerprint density at radius 1 is 1.00 bits per heavy atom. The Bertz CT molecular complexity index is 1270. The van der Waals surface area contributed by atoms with Crippen molar-refractivity contribution < 1.29 is 26.3 Å². The molecule has 2 aliphatic carbocycles. The van der Waals surface area contributed by atoms with Gasteiger partial charge in [0, 0.05) is 5.69 Å². The van der Waals surface area contributed by atoms with Crippen LogP contribution in [0.25, 0.3) is 0 Å².